The Hall–Kier alpha value is -10.6. The van der Waals surface area contributed by atoms with Gasteiger partial charge in [-0.2, -0.15) is 83.9 Å². The molecule has 2 atom stereocenters. The summed E-state index contributed by atoms with van der Waals surface area (Å²) in [6.07, 6.45) is 18.2. The first-order valence-electron chi connectivity index (χ1n) is 36.2. The van der Waals surface area contributed by atoms with Crippen LogP contribution in [-0.2, 0) is 86.5 Å². The molecule has 0 saturated carbocycles. The number of aryl methyl sites for hydroxylation is 1. The van der Waals surface area contributed by atoms with Crippen LogP contribution < -0.4 is 29.5 Å². The van der Waals surface area contributed by atoms with E-state index in [1.165, 1.54) is 83.4 Å². The van der Waals surface area contributed by atoms with Crippen molar-refractivity contribution in [3.63, 3.8) is 0 Å². The number of anilines is 4. The number of likely N-dealkylation sites (N-methyl/N-ethyl adjacent to an activating group) is 1. The predicted molar refractivity (Wildman–Crippen MR) is 411 cm³/mol. The predicted octanol–water partition coefficient (Wildman–Crippen LogP) is 14.6. The maximum absolute atomic E-state index is 5.92. The van der Waals surface area contributed by atoms with E-state index in [2.05, 4.69) is 377 Å². The fraction of sp³-hybridized carbons (Fsp3) is 0.0899. The molecular formula is C89H69BN13Pt3-5. The Morgan fingerprint density at radius 1 is 0.509 bits per heavy atom. The summed E-state index contributed by atoms with van der Waals surface area (Å²) in [6, 6.07) is 101. The van der Waals surface area contributed by atoms with Crippen molar-refractivity contribution in [1.82, 2.24) is 45.0 Å². The van der Waals surface area contributed by atoms with Crippen LogP contribution in [-0.4, -0.2) is 73.3 Å². The quantitative estimate of drug-likeness (QED) is 0.0850. The van der Waals surface area contributed by atoms with Gasteiger partial charge in [0, 0.05) is 105 Å². The number of benzene rings is 10. The van der Waals surface area contributed by atoms with E-state index in [0.717, 1.165) is 56.8 Å². The smallest absolute Gasteiger partial charge is 0.249 e. The van der Waals surface area contributed by atoms with Gasteiger partial charge in [-0.3, -0.25) is 5.10 Å². The SMILES string of the molecule is CN1[CH-]N(c2[c-]c(C3(c4cc[n-]n4)c4ccccc4-c4ccccc43)ccc2)C2C=CC=CC21.CN1[CH-]N(c2[c-]c(C3(c4cc[n-]n4)c4ccccc4-c4ccccc43)ccc2)c2ncccc21.C[n+]1cn(-c2cccc(C3(c4ccn[nH]4)c4ccccc4-c4ccccc43)c2)c2ccccc21.[2H]B([2H])[2H].[Pt].[Pt].[Pt]. The molecule has 10 aromatic carbocycles. The van der Waals surface area contributed by atoms with E-state index >= 15 is 0 Å². The van der Waals surface area contributed by atoms with Gasteiger partial charge < -0.3 is 40.0 Å². The second-order valence-corrected chi connectivity index (χ2v) is 26.7. The number of aromatic nitrogens is 9. The van der Waals surface area contributed by atoms with E-state index in [-0.39, 0.29) is 69.2 Å². The number of hydrogen-bond donors (Lipinski definition) is 1. The molecule has 0 bridgehead atoms. The minimum Gasteiger partial charge on any atom is -0.581 e. The van der Waals surface area contributed by atoms with Crippen LogP contribution in [0, 0.1) is 25.5 Å². The number of aromatic amines is 1. The molecule has 13 nitrogen and oxygen atoms in total. The molecule has 2 unspecified atom stereocenters. The van der Waals surface area contributed by atoms with Gasteiger partial charge in [-0.25, -0.2) is 9.55 Å². The molecule has 1 fully saturated rings. The second kappa shape index (κ2) is 28.7. The van der Waals surface area contributed by atoms with Crippen molar-refractivity contribution in [2.45, 2.75) is 28.3 Å². The fourth-order valence-electron chi connectivity index (χ4n) is 17.3. The molecule has 6 aliphatic rings. The fourth-order valence-corrected chi connectivity index (χ4v) is 17.3. The molecule has 21 rings (SSSR count). The molecule has 0 spiro atoms. The Morgan fingerprint density at radius 2 is 1.00 bits per heavy atom. The van der Waals surface area contributed by atoms with Crippen LogP contribution >= 0.6 is 0 Å². The molecule has 2 aliphatic heterocycles. The third-order valence-corrected chi connectivity index (χ3v) is 21.6. The first-order valence-corrected chi connectivity index (χ1v) is 34.5. The second-order valence-electron chi connectivity index (χ2n) is 26.7. The summed E-state index contributed by atoms with van der Waals surface area (Å²) in [7, 11) is 4.85. The van der Waals surface area contributed by atoms with Crippen molar-refractivity contribution in [1.29, 1.82) is 4.01 Å². The molecule has 106 heavy (non-hydrogen) atoms. The van der Waals surface area contributed by atoms with Crippen LogP contribution in [0.15, 0.2) is 316 Å². The molecule has 4 aliphatic carbocycles. The third kappa shape index (κ3) is 10.8. The van der Waals surface area contributed by atoms with Gasteiger partial charge in [0.15, 0.2) is 11.0 Å². The first kappa shape index (κ1) is 67.3. The molecule has 1 saturated heterocycles. The Balaban J connectivity index is 0.000000125. The van der Waals surface area contributed by atoms with E-state index in [1.54, 1.807) is 12.4 Å². The minimum absolute atomic E-state index is 0. The molecule has 17 heteroatoms. The largest absolute Gasteiger partial charge is 0.581 e. The van der Waals surface area contributed by atoms with Gasteiger partial charge in [0.2, 0.25) is 6.33 Å². The zero-order chi connectivity index (χ0) is 71.7. The summed E-state index contributed by atoms with van der Waals surface area (Å²) in [5.74, 6) is 0.896. The summed E-state index contributed by atoms with van der Waals surface area (Å²) >= 11 is 0. The maximum atomic E-state index is 5.92. The number of imidazole rings is 1. The van der Waals surface area contributed by atoms with Crippen molar-refractivity contribution < 1.29 is 67.8 Å². The van der Waals surface area contributed by atoms with Crippen LogP contribution in [0.3, 0.4) is 0 Å². The summed E-state index contributed by atoms with van der Waals surface area (Å²) in [4.78, 5) is 13.4. The van der Waals surface area contributed by atoms with E-state index < -0.39 is 24.5 Å². The number of pyridine rings is 1. The minimum atomic E-state index is -1.42. The molecule has 7 heterocycles. The number of rotatable bonds is 9. The number of fused-ring (bicyclic) bond motifs is 12. The topological polar surface area (TPSA) is 117 Å². The molecule has 5 aromatic heterocycles. The molecule has 0 radical (unpaired) electrons. The van der Waals surface area contributed by atoms with E-state index in [0.29, 0.717) is 6.04 Å². The molecule has 15 aromatic rings. The molecule has 528 valence electrons. The van der Waals surface area contributed by atoms with Crippen molar-refractivity contribution in [3.05, 3.63) is 409 Å². The number of nitrogens with zero attached hydrogens (tertiary/aromatic N) is 12. The van der Waals surface area contributed by atoms with Gasteiger partial charge in [0.05, 0.1) is 37.3 Å². The van der Waals surface area contributed by atoms with Gasteiger partial charge in [-0.05, 0) is 133 Å². The van der Waals surface area contributed by atoms with E-state index in [9.17, 15) is 0 Å². The normalized spacial score (nSPS) is 16.6. The van der Waals surface area contributed by atoms with Crippen LogP contribution in [0.4, 0.5) is 22.9 Å². The summed E-state index contributed by atoms with van der Waals surface area (Å²) in [6.45, 7) is 4.25. The van der Waals surface area contributed by atoms with Crippen molar-refractivity contribution >= 4 is 42.2 Å². The number of hydrogen-bond acceptors (Lipinski definition) is 8. The van der Waals surface area contributed by atoms with Crippen molar-refractivity contribution in [2.75, 3.05) is 28.8 Å². The molecule has 1 N–H and O–H groups in total. The summed E-state index contributed by atoms with van der Waals surface area (Å²) in [5, 5.41) is 25.4. The van der Waals surface area contributed by atoms with Gasteiger partial charge in [-0.1, -0.05) is 206 Å². The van der Waals surface area contributed by atoms with E-state index in [1.807, 2.05) is 37.6 Å². The van der Waals surface area contributed by atoms with Gasteiger partial charge >= 0.3 is 0 Å². The summed E-state index contributed by atoms with van der Waals surface area (Å²) < 4.78 is 22.2. The molecular weight excluding hydrogens is 1850 g/mol. The Morgan fingerprint density at radius 3 is 1.53 bits per heavy atom. The van der Waals surface area contributed by atoms with Gasteiger partial charge in [0.1, 0.15) is 11.5 Å². The Bertz CT molecular complexity index is 5710. The van der Waals surface area contributed by atoms with Crippen LogP contribution in [0.5, 0.6) is 0 Å². The van der Waals surface area contributed by atoms with Crippen LogP contribution in [0.1, 0.15) is 67.2 Å². The zero-order valence-corrected chi connectivity index (χ0v) is 64.5. The van der Waals surface area contributed by atoms with Gasteiger partial charge in [-0.15, -0.1) is 22.5 Å². The van der Waals surface area contributed by atoms with Crippen LogP contribution in [0.25, 0.3) is 50.1 Å². The van der Waals surface area contributed by atoms with Gasteiger partial charge in [0.25, 0.3) is 0 Å². The van der Waals surface area contributed by atoms with Crippen molar-refractivity contribution in [2.24, 2.45) is 7.05 Å². The average molecular weight is 1920 g/mol. The number of H-pyrrole nitrogens is 1. The summed E-state index contributed by atoms with van der Waals surface area (Å²) in [5.41, 5.74) is 26.1. The number of allylic oxidation sites excluding steroid dienone is 2. The zero-order valence-electron chi connectivity index (χ0n) is 60.7. The van der Waals surface area contributed by atoms with Crippen LogP contribution in [0.2, 0.25) is 0 Å². The average Bonchev–Trinajstić information content (AvgIpc) is 1.56. The number of nitrogens with one attached hydrogen (secondary N) is 1. The monoisotopic (exact) mass is 1920 g/mol. The third-order valence-electron chi connectivity index (χ3n) is 21.6. The number of para-hydroxylation sites is 2. The van der Waals surface area contributed by atoms with Crippen molar-refractivity contribution in [3.8, 4) is 39.1 Å². The Kier molecular flexibility index (Phi) is 18.2. The Labute approximate surface area is 665 Å². The maximum Gasteiger partial charge on any atom is 0.249 e. The molecule has 0 amide bonds. The van der Waals surface area contributed by atoms with E-state index in [4.69, 9.17) is 4.01 Å². The first-order chi connectivity index (χ1) is 52.1. The standard InChI is InChI=1S/2C30H23N4.C29H20N5.BH3.3Pt/c2*1-33-20-34(28-16-7-6-15-27(28)33)22-10-8-9-21(19-22)30(29-17-18-31-32-29)25-13-4-2-11-23(25)24-12-3-5-14-26(24)30;1-33-19-34(28-26(33)14-7-16-30-28)21-9-6-8-20(18-21)29(27-15-17-31-32-27)24-12-4-2-10-22(24)23-11-3-5-13-25(23)29;;;;/h2-18,20,27-28H,1H3;2-20H,1H3,(H,31,32);2-17,19H,1H3;1H3;;;/q-3;+1;-3;;;;/i;;;1D3;;;.